The number of hydrogen-bond acceptors (Lipinski definition) is 2. The van der Waals surface area contributed by atoms with E-state index in [-0.39, 0.29) is 11.1 Å². The third kappa shape index (κ3) is 1.33. The van der Waals surface area contributed by atoms with Gasteiger partial charge in [0.15, 0.2) is 11.6 Å². The highest BCUT2D eigenvalue weighted by Crippen LogP contribution is 2.40. The summed E-state index contributed by atoms with van der Waals surface area (Å²) in [6.07, 6.45) is 0. The van der Waals surface area contributed by atoms with Gasteiger partial charge in [-0.25, -0.2) is 8.78 Å². The standard InChI is InChI=1S/C10H10F2OS/c1-6-2-3-7(9(12)8(6)11)10(13)4-14-5-10/h2-3,13H,4-5H2,1H3. The summed E-state index contributed by atoms with van der Waals surface area (Å²) < 4.78 is 26.6. The number of thioether (sulfide) groups is 1. The van der Waals surface area contributed by atoms with Crippen LogP contribution in [0.3, 0.4) is 0 Å². The van der Waals surface area contributed by atoms with Gasteiger partial charge in [0.2, 0.25) is 0 Å². The summed E-state index contributed by atoms with van der Waals surface area (Å²) in [6.45, 7) is 1.50. The maximum absolute atomic E-state index is 13.4. The molecule has 0 bridgehead atoms. The number of benzene rings is 1. The maximum atomic E-state index is 13.4. The molecule has 0 aromatic heterocycles. The first kappa shape index (κ1) is 9.93. The van der Waals surface area contributed by atoms with Gasteiger partial charge in [0.25, 0.3) is 0 Å². The van der Waals surface area contributed by atoms with Crippen LogP contribution in [0.2, 0.25) is 0 Å². The Hall–Kier alpha value is -0.610. The summed E-state index contributed by atoms with van der Waals surface area (Å²) in [5.74, 6) is -0.889. The van der Waals surface area contributed by atoms with Gasteiger partial charge in [0.1, 0.15) is 5.60 Å². The molecule has 0 atom stereocenters. The largest absolute Gasteiger partial charge is 0.383 e. The molecule has 0 radical (unpaired) electrons. The van der Waals surface area contributed by atoms with Gasteiger partial charge in [-0.1, -0.05) is 12.1 Å². The Morgan fingerprint density at radius 3 is 2.43 bits per heavy atom. The van der Waals surface area contributed by atoms with Crippen molar-refractivity contribution < 1.29 is 13.9 Å². The Kier molecular flexibility index (Phi) is 2.27. The highest BCUT2D eigenvalue weighted by molar-refractivity contribution is 8.00. The van der Waals surface area contributed by atoms with Crippen LogP contribution in [0.4, 0.5) is 8.78 Å². The molecular weight excluding hydrogens is 206 g/mol. The SMILES string of the molecule is Cc1ccc(C2(O)CSC2)c(F)c1F. The van der Waals surface area contributed by atoms with Crippen molar-refractivity contribution in [2.45, 2.75) is 12.5 Å². The van der Waals surface area contributed by atoms with Crippen LogP contribution in [0.15, 0.2) is 12.1 Å². The predicted molar refractivity (Wildman–Crippen MR) is 52.3 cm³/mol. The van der Waals surface area contributed by atoms with E-state index in [4.69, 9.17) is 0 Å². The lowest BCUT2D eigenvalue weighted by Gasteiger charge is -2.36. The second-order valence-electron chi connectivity index (χ2n) is 3.58. The van der Waals surface area contributed by atoms with Crippen molar-refractivity contribution in [3.05, 3.63) is 34.9 Å². The molecule has 1 nitrogen and oxygen atoms in total. The van der Waals surface area contributed by atoms with Crippen LogP contribution in [-0.2, 0) is 5.60 Å². The maximum Gasteiger partial charge on any atom is 0.165 e. The second-order valence-corrected chi connectivity index (χ2v) is 4.57. The number of aliphatic hydroxyl groups is 1. The Bertz CT molecular complexity index is 375. The van der Waals surface area contributed by atoms with E-state index in [0.29, 0.717) is 11.5 Å². The van der Waals surface area contributed by atoms with Crippen LogP contribution >= 0.6 is 11.8 Å². The molecule has 1 aliphatic rings. The summed E-state index contributed by atoms with van der Waals surface area (Å²) in [6, 6.07) is 2.96. The first-order chi connectivity index (χ1) is 6.54. The third-order valence-electron chi connectivity index (χ3n) is 2.46. The summed E-state index contributed by atoms with van der Waals surface area (Å²) in [4.78, 5) is 0. The lowest BCUT2D eigenvalue weighted by atomic mass is 9.95. The molecule has 1 N–H and O–H groups in total. The number of aryl methyl sites for hydroxylation is 1. The van der Waals surface area contributed by atoms with Crippen molar-refractivity contribution in [1.29, 1.82) is 0 Å². The van der Waals surface area contributed by atoms with Crippen LogP contribution in [0.25, 0.3) is 0 Å². The van der Waals surface area contributed by atoms with Crippen molar-refractivity contribution in [2.75, 3.05) is 11.5 Å². The molecule has 1 heterocycles. The molecule has 0 amide bonds. The van der Waals surface area contributed by atoms with Gasteiger partial charge in [0, 0.05) is 17.1 Å². The van der Waals surface area contributed by atoms with E-state index in [1.807, 2.05) is 0 Å². The monoisotopic (exact) mass is 216 g/mol. The van der Waals surface area contributed by atoms with E-state index in [9.17, 15) is 13.9 Å². The molecule has 0 spiro atoms. The molecule has 1 aromatic rings. The summed E-state index contributed by atoms with van der Waals surface area (Å²) >= 11 is 1.52. The zero-order chi connectivity index (χ0) is 10.3. The van der Waals surface area contributed by atoms with Gasteiger partial charge in [-0.15, -0.1) is 0 Å². The van der Waals surface area contributed by atoms with E-state index >= 15 is 0 Å². The van der Waals surface area contributed by atoms with Gasteiger partial charge in [-0.2, -0.15) is 11.8 Å². The average Bonchev–Trinajstić information content (AvgIpc) is 2.11. The summed E-state index contributed by atoms with van der Waals surface area (Å²) in [7, 11) is 0. The first-order valence-corrected chi connectivity index (χ1v) is 5.45. The zero-order valence-electron chi connectivity index (χ0n) is 7.68. The molecule has 0 unspecified atom stereocenters. The van der Waals surface area contributed by atoms with Crippen LogP contribution in [-0.4, -0.2) is 16.6 Å². The Morgan fingerprint density at radius 2 is 1.93 bits per heavy atom. The van der Waals surface area contributed by atoms with E-state index in [0.717, 1.165) is 0 Å². The van der Waals surface area contributed by atoms with Crippen LogP contribution in [0, 0.1) is 18.6 Å². The van der Waals surface area contributed by atoms with E-state index in [2.05, 4.69) is 0 Å². The molecule has 0 saturated carbocycles. The first-order valence-electron chi connectivity index (χ1n) is 4.30. The number of rotatable bonds is 1. The van der Waals surface area contributed by atoms with E-state index < -0.39 is 17.2 Å². The molecule has 1 aromatic carbocycles. The van der Waals surface area contributed by atoms with Gasteiger partial charge < -0.3 is 5.11 Å². The smallest absolute Gasteiger partial charge is 0.165 e. The summed E-state index contributed by atoms with van der Waals surface area (Å²) in [5, 5.41) is 9.85. The van der Waals surface area contributed by atoms with E-state index in [1.54, 1.807) is 0 Å². The lowest BCUT2D eigenvalue weighted by Crippen LogP contribution is -2.41. The van der Waals surface area contributed by atoms with Gasteiger partial charge in [0.05, 0.1) is 0 Å². The van der Waals surface area contributed by atoms with Crippen molar-refractivity contribution >= 4 is 11.8 Å². The topological polar surface area (TPSA) is 20.2 Å². The molecular formula is C10H10F2OS. The Morgan fingerprint density at radius 1 is 1.29 bits per heavy atom. The normalized spacial score (nSPS) is 19.1. The molecule has 14 heavy (non-hydrogen) atoms. The highest BCUT2D eigenvalue weighted by Gasteiger charge is 2.40. The van der Waals surface area contributed by atoms with Gasteiger partial charge >= 0.3 is 0 Å². The zero-order valence-corrected chi connectivity index (χ0v) is 8.50. The predicted octanol–water partition coefficient (Wildman–Crippen LogP) is 2.21. The van der Waals surface area contributed by atoms with Gasteiger partial charge in [-0.3, -0.25) is 0 Å². The molecule has 1 aliphatic heterocycles. The van der Waals surface area contributed by atoms with Crippen LogP contribution in [0.1, 0.15) is 11.1 Å². The fourth-order valence-electron chi connectivity index (χ4n) is 1.46. The number of halogens is 2. The highest BCUT2D eigenvalue weighted by atomic mass is 32.2. The minimum Gasteiger partial charge on any atom is -0.383 e. The molecule has 76 valence electrons. The Labute approximate surface area is 85.1 Å². The Balaban J connectivity index is 2.49. The second kappa shape index (κ2) is 3.21. The molecule has 2 rings (SSSR count). The van der Waals surface area contributed by atoms with Crippen LogP contribution in [0.5, 0.6) is 0 Å². The molecule has 0 aliphatic carbocycles. The minimum atomic E-state index is -1.16. The minimum absolute atomic E-state index is 0.0827. The fourth-order valence-corrected chi connectivity index (χ4v) is 2.36. The van der Waals surface area contributed by atoms with Crippen molar-refractivity contribution in [1.82, 2.24) is 0 Å². The summed E-state index contributed by atoms with van der Waals surface area (Å²) in [5.41, 5.74) is -0.815. The van der Waals surface area contributed by atoms with E-state index in [1.165, 1.54) is 30.8 Å². The quantitative estimate of drug-likeness (QED) is 0.776. The number of hydrogen-bond donors (Lipinski definition) is 1. The van der Waals surface area contributed by atoms with Crippen molar-refractivity contribution in [3.8, 4) is 0 Å². The molecule has 1 saturated heterocycles. The van der Waals surface area contributed by atoms with Crippen molar-refractivity contribution in [2.24, 2.45) is 0 Å². The third-order valence-corrected chi connectivity index (χ3v) is 3.82. The average molecular weight is 216 g/mol. The van der Waals surface area contributed by atoms with Crippen molar-refractivity contribution in [3.63, 3.8) is 0 Å². The molecule has 4 heteroatoms. The lowest BCUT2D eigenvalue weighted by molar-refractivity contribution is 0.0720. The van der Waals surface area contributed by atoms with Crippen LogP contribution < -0.4 is 0 Å². The van der Waals surface area contributed by atoms with Gasteiger partial charge in [-0.05, 0) is 12.5 Å². The molecule has 1 fully saturated rings. The fraction of sp³-hybridized carbons (Fsp3) is 0.400.